The van der Waals surface area contributed by atoms with Gasteiger partial charge in [0.05, 0.1) is 10.9 Å². The van der Waals surface area contributed by atoms with E-state index in [4.69, 9.17) is 0 Å². The molecule has 138 valence electrons. The van der Waals surface area contributed by atoms with Gasteiger partial charge in [0.25, 0.3) is 5.56 Å². The maximum absolute atomic E-state index is 12.7. The Morgan fingerprint density at radius 2 is 1.96 bits per heavy atom. The summed E-state index contributed by atoms with van der Waals surface area (Å²) in [6.45, 7) is 6.01. The fourth-order valence-electron chi connectivity index (χ4n) is 3.32. The molecule has 1 aliphatic carbocycles. The van der Waals surface area contributed by atoms with Gasteiger partial charge in [-0.15, -0.1) is 0 Å². The molecular weight excluding hydrogens is 346 g/mol. The highest BCUT2D eigenvalue weighted by Gasteiger charge is 2.21. The third-order valence-corrected chi connectivity index (χ3v) is 5.81. The molecule has 1 heterocycles. The van der Waals surface area contributed by atoms with Crippen LogP contribution in [0, 0.1) is 0 Å². The Morgan fingerprint density at radius 3 is 2.62 bits per heavy atom. The number of H-pyrrole nitrogens is 1. The minimum atomic E-state index is -0.354. The summed E-state index contributed by atoms with van der Waals surface area (Å²) >= 11 is 1.30. The number of aryl methyl sites for hydroxylation is 3. The van der Waals surface area contributed by atoms with E-state index in [0.717, 1.165) is 60.2 Å². The second-order valence-electron chi connectivity index (χ2n) is 6.56. The number of nitrogens with zero attached hydrogens (tertiary/aromatic N) is 1. The number of aromatic amines is 1. The van der Waals surface area contributed by atoms with Gasteiger partial charge in [-0.3, -0.25) is 9.59 Å². The molecule has 1 atom stereocenters. The molecule has 6 heteroatoms. The summed E-state index contributed by atoms with van der Waals surface area (Å²) in [4.78, 5) is 32.2. The molecule has 2 N–H and O–H groups in total. The molecule has 1 aromatic heterocycles. The van der Waals surface area contributed by atoms with Gasteiger partial charge in [-0.1, -0.05) is 43.8 Å². The molecule has 3 rings (SSSR count). The number of aromatic nitrogens is 2. The molecule has 2 aromatic rings. The first-order chi connectivity index (χ1) is 12.5. The van der Waals surface area contributed by atoms with Crippen LogP contribution in [-0.2, 0) is 30.5 Å². The van der Waals surface area contributed by atoms with E-state index in [9.17, 15) is 9.59 Å². The third kappa shape index (κ3) is 3.85. The van der Waals surface area contributed by atoms with Crippen LogP contribution in [-0.4, -0.2) is 21.1 Å². The first-order valence-electron chi connectivity index (χ1n) is 9.23. The minimum Gasteiger partial charge on any atom is -0.325 e. The van der Waals surface area contributed by atoms with Crippen LogP contribution in [0.1, 0.15) is 49.6 Å². The van der Waals surface area contributed by atoms with Gasteiger partial charge in [0.1, 0.15) is 0 Å². The number of nitrogens with one attached hydrogen (secondary N) is 2. The SMILES string of the molecule is CCc1cccc(CC)c1NC(=O)[C@H](C)Sc1nc2c(c(=O)[nH]1)CCC2. The van der Waals surface area contributed by atoms with Crippen molar-refractivity contribution in [2.45, 2.75) is 63.3 Å². The molecule has 1 aliphatic rings. The van der Waals surface area contributed by atoms with Crippen molar-refractivity contribution in [3.05, 3.63) is 50.9 Å². The van der Waals surface area contributed by atoms with Crippen molar-refractivity contribution in [2.24, 2.45) is 0 Å². The first kappa shape index (κ1) is 18.7. The predicted molar refractivity (Wildman–Crippen MR) is 106 cm³/mol. The third-order valence-electron chi connectivity index (χ3n) is 4.82. The van der Waals surface area contributed by atoms with Gasteiger partial charge in [0.15, 0.2) is 5.16 Å². The van der Waals surface area contributed by atoms with E-state index in [1.807, 2.05) is 25.1 Å². The molecule has 0 fully saturated rings. The Labute approximate surface area is 158 Å². The molecular formula is C20H25N3O2S. The highest BCUT2D eigenvalue weighted by molar-refractivity contribution is 8.00. The van der Waals surface area contributed by atoms with Crippen LogP contribution in [0.5, 0.6) is 0 Å². The van der Waals surface area contributed by atoms with Crippen LogP contribution in [0.15, 0.2) is 28.2 Å². The van der Waals surface area contributed by atoms with Crippen LogP contribution < -0.4 is 10.9 Å². The van der Waals surface area contributed by atoms with Crippen molar-refractivity contribution in [3.8, 4) is 0 Å². The van der Waals surface area contributed by atoms with Gasteiger partial charge >= 0.3 is 0 Å². The van der Waals surface area contributed by atoms with E-state index in [-0.39, 0.29) is 16.7 Å². The van der Waals surface area contributed by atoms with Crippen molar-refractivity contribution in [1.82, 2.24) is 9.97 Å². The zero-order chi connectivity index (χ0) is 18.7. The van der Waals surface area contributed by atoms with Crippen molar-refractivity contribution in [3.63, 3.8) is 0 Å². The van der Waals surface area contributed by atoms with Crippen molar-refractivity contribution in [2.75, 3.05) is 5.32 Å². The molecule has 0 unspecified atom stereocenters. The van der Waals surface area contributed by atoms with Crippen molar-refractivity contribution in [1.29, 1.82) is 0 Å². The topological polar surface area (TPSA) is 74.8 Å². The van der Waals surface area contributed by atoms with Crippen LogP contribution in [0.4, 0.5) is 5.69 Å². The monoisotopic (exact) mass is 371 g/mol. The van der Waals surface area contributed by atoms with Gasteiger partial charge in [-0.25, -0.2) is 4.98 Å². The Balaban J connectivity index is 1.75. The molecule has 0 aliphatic heterocycles. The Morgan fingerprint density at radius 1 is 1.27 bits per heavy atom. The summed E-state index contributed by atoms with van der Waals surface area (Å²) in [5.74, 6) is -0.0752. The number of para-hydroxylation sites is 1. The Bertz CT molecular complexity index is 854. The molecule has 26 heavy (non-hydrogen) atoms. The number of carbonyl (C=O) groups excluding carboxylic acids is 1. The van der Waals surface area contributed by atoms with E-state index in [1.54, 1.807) is 0 Å². The van der Waals surface area contributed by atoms with Crippen LogP contribution in [0.3, 0.4) is 0 Å². The lowest BCUT2D eigenvalue weighted by molar-refractivity contribution is -0.115. The normalized spacial score (nSPS) is 14.1. The van der Waals surface area contributed by atoms with Gasteiger partial charge in [0, 0.05) is 11.3 Å². The number of rotatable bonds is 6. The van der Waals surface area contributed by atoms with Gasteiger partial charge in [-0.05, 0) is 50.2 Å². The summed E-state index contributed by atoms with van der Waals surface area (Å²) in [6.07, 6.45) is 4.35. The molecule has 0 radical (unpaired) electrons. The van der Waals surface area contributed by atoms with E-state index in [2.05, 4.69) is 29.1 Å². The summed E-state index contributed by atoms with van der Waals surface area (Å²) in [7, 11) is 0. The van der Waals surface area contributed by atoms with E-state index in [1.165, 1.54) is 11.8 Å². The number of carbonyl (C=O) groups is 1. The number of anilines is 1. The summed E-state index contributed by atoms with van der Waals surface area (Å²) in [6, 6.07) is 6.13. The van der Waals surface area contributed by atoms with Gasteiger partial charge < -0.3 is 10.3 Å². The highest BCUT2D eigenvalue weighted by atomic mass is 32.2. The van der Waals surface area contributed by atoms with Crippen LogP contribution in [0.2, 0.25) is 0 Å². The summed E-state index contributed by atoms with van der Waals surface area (Å²) < 4.78 is 0. The van der Waals surface area contributed by atoms with E-state index < -0.39 is 0 Å². The smallest absolute Gasteiger partial charge is 0.254 e. The fraction of sp³-hybridized carbons (Fsp3) is 0.450. The molecule has 0 bridgehead atoms. The zero-order valence-corrected chi connectivity index (χ0v) is 16.3. The molecule has 0 saturated heterocycles. The zero-order valence-electron chi connectivity index (χ0n) is 15.5. The maximum Gasteiger partial charge on any atom is 0.254 e. The average molecular weight is 372 g/mol. The standard InChI is InChI=1S/C20H25N3O2S/c1-4-13-8-6-9-14(5-2)17(13)22-18(24)12(3)26-20-21-16-11-7-10-15(16)19(25)23-20/h6,8-9,12H,4-5,7,10-11H2,1-3H3,(H,22,24)(H,21,23,25)/t12-/m0/s1. The largest absolute Gasteiger partial charge is 0.325 e. The molecule has 0 saturated carbocycles. The number of amides is 1. The number of hydrogen-bond acceptors (Lipinski definition) is 4. The van der Waals surface area contributed by atoms with Crippen LogP contribution in [0.25, 0.3) is 0 Å². The highest BCUT2D eigenvalue weighted by Crippen LogP contribution is 2.26. The lowest BCUT2D eigenvalue weighted by Gasteiger charge is -2.17. The average Bonchev–Trinajstić information content (AvgIpc) is 3.10. The lowest BCUT2D eigenvalue weighted by Crippen LogP contribution is -2.25. The van der Waals surface area contributed by atoms with E-state index in [0.29, 0.717) is 5.16 Å². The molecule has 0 spiro atoms. The first-order valence-corrected chi connectivity index (χ1v) is 10.1. The lowest BCUT2D eigenvalue weighted by atomic mass is 10.0. The quantitative estimate of drug-likeness (QED) is 0.602. The number of benzene rings is 1. The summed E-state index contributed by atoms with van der Waals surface area (Å²) in [5, 5.41) is 3.26. The van der Waals surface area contributed by atoms with Gasteiger partial charge in [-0.2, -0.15) is 0 Å². The molecule has 1 aromatic carbocycles. The maximum atomic E-state index is 12.7. The Hall–Kier alpha value is -2.08. The second kappa shape index (κ2) is 8.08. The van der Waals surface area contributed by atoms with Crippen LogP contribution >= 0.6 is 11.8 Å². The minimum absolute atomic E-state index is 0.0628. The molecule has 5 nitrogen and oxygen atoms in total. The summed E-state index contributed by atoms with van der Waals surface area (Å²) in [5.41, 5.74) is 4.82. The van der Waals surface area contributed by atoms with Crippen molar-refractivity contribution >= 4 is 23.4 Å². The predicted octanol–water partition coefficient (Wildman–Crippen LogP) is 3.50. The van der Waals surface area contributed by atoms with Crippen molar-refractivity contribution < 1.29 is 4.79 Å². The second-order valence-corrected chi connectivity index (χ2v) is 7.89. The van der Waals surface area contributed by atoms with E-state index >= 15 is 0 Å². The number of thioether (sulfide) groups is 1. The number of hydrogen-bond donors (Lipinski definition) is 2. The molecule has 1 amide bonds. The Kier molecular flexibility index (Phi) is 5.81. The fourth-order valence-corrected chi connectivity index (χ4v) is 4.14. The number of fused-ring (bicyclic) bond motifs is 1. The van der Waals surface area contributed by atoms with Gasteiger partial charge in [0.2, 0.25) is 5.91 Å².